The van der Waals surface area contributed by atoms with Gasteiger partial charge < -0.3 is 14.7 Å². The third-order valence-corrected chi connectivity index (χ3v) is 5.82. The van der Waals surface area contributed by atoms with Crippen LogP contribution in [0.5, 0.6) is 0 Å². The number of carbonyl (C=O) groups excluding carboxylic acids is 2. The quantitative estimate of drug-likeness (QED) is 0.714. The van der Waals surface area contributed by atoms with E-state index in [4.69, 9.17) is 0 Å². The second-order valence-electron chi connectivity index (χ2n) is 9.15. The van der Waals surface area contributed by atoms with E-state index in [0.717, 1.165) is 43.7 Å². The Morgan fingerprint density at radius 3 is 2.62 bits per heavy atom. The third-order valence-electron chi connectivity index (χ3n) is 5.82. The van der Waals surface area contributed by atoms with Crippen molar-refractivity contribution in [3.05, 3.63) is 47.8 Å². The van der Waals surface area contributed by atoms with Crippen molar-refractivity contribution in [3.8, 4) is 0 Å². The molecule has 1 aromatic heterocycles. The van der Waals surface area contributed by atoms with E-state index in [-0.39, 0.29) is 11.8 Å². The van der Waals surface area contributed by atoms with Crippen molar-refractivity contribution >= 4 is 17.5 Å². The minimum atomic E-state index is -0.0186. The van der Waals surface area contributed by atoms with Gasteiger partial charge in [0.05, 0.1) is 11.8 Å². The average molecular weight is 440 g/mol. The molecule has 32 heavy (non-hydrogen) atoms. The van der Waals surface area contributed by atoms with Gasteiger partial charge in [-0.05, 0) is 44.0 Å². The van der Waals surface area contributed by atoms with Crippen molar-refractivity contribution in [2.45, 2.75) is 53.1 Å². The zero-order valence-electron chi connectivity index (χ0n) is 20.0. The maximum absolute atomic E-state index is 13.4. The van der Waals surface area contributed by atoms with E-state index in [2.05, 4.69) is 37.8 Å². The van der Waals surface area contributed by atoms with Crippen LogP contribution in [0.3, 0.4) is 0 Å². The number of para-hydroxylation sites is 1. The van der Waals surface area contributed by atoms with Crippen LogP contribution in [0.25, 0.3) is 0 Å². The van der Waals surface area contributed by atoms with Crippen LogP contribution >= 0.6 is 0 Å². The Hall–Kier alpha value is -2.67. The minimum absolute atomic E-state index is 0.0186. The van der Waals surface area contributed by atoms with Gasteiger partial charge in [-0.3, -0.25) is 14.3 Å². The number of carbonyl (C=O) groups is 2. The molecule has 0 aliphatic carbocycles. The topological polar surface area (TPSA) is 61.7 Å². The van der Waals surface area contributed by atoms with Crippen molar-refractivity contribution in [2.75, 3.05) is 38.1 Å². The molecule has 1 aromatic carbocycles. The lowest BCUT2D eigenvalue weighted by molar-refractivity contribution is -0.119. The molecule has 0 N–H and O–H groups in total. The van der Waals surface area contributed by atoms with E-state index in [1.165, 1.54) is 0 Å². The summed E-state index contributed by atoms with van der Waals surface area (Å²) in [6.45, 7) is 10.5. The van der Waals surface area contributed by atoms with Crippen LogP contribution in [0, 0.1) is 5.92 Å². The van der Waals surface area contributed by atoms with Crippen LogP contribution in [0.2, 0.25) is 0 Å². The molecule has 2 amide bonds. The molecule has 0 fully saturated rings. The monoisotopic (exact) mass is 439 g/mol. The number of likely N-dealkylation sites (N-methyl/N-ethyl adjacent to an activating group) is 1. The van der Waals surface area contributed by atoms with E-state index < -0.39 is 0 Å². The van der Waals surface area contributed by atoms with Gasteiger partial charge in [-0.2, -0.15) is 5.10 Å². The van der Waals surface area contributed by atoms with Crippen molar-refractivity contribution < 1.29 is 9.59 Å². The molecule has 0 unspecified atom stereocenters. The molecule has 7 nitrogen and oxygen atoms in total. The Morgan fingerprint density at radius 2 is 1.88 bits per heavy atom. The highest BCUT2D eigenvalue weighted by atomic mass is 16.2. The van der Waals surface area contributed by atoms with Crippen LogP contribution in [0.1, 0.15) is 56.0 Å². The first-order valence-corrected chi connectivity index (χ1v) is 11.8. The molecule has 2 aromatic rings. The van der Waals surface area contributed by atoms with Gasteiger partial charge in [0, 0.05) is 51.0 Å². The van der Waals surface area contributed by atoms with E-state index in [0.29, 0.717) is 37.5 Å². The summed E-state index contributed by atoms with van der Waals surface area (Å²) >= 11 is 0. The number of rotatable bonds is 5. The van der Waals surface area contributed by atoms with Gasteiger partial charge in [0.15, 0.2) is 0 Å². The normalized spacial score (nSPS) is 16.0. The molecule has 0 saturated heterocycles. The molecular weight excluding hydrogens is 402 g/mol. The molecule has 1 aliphatic heterocycles. The molecule has 7 heteroatoms. The lowest BCUT2D eigenvalue weighted by Gasteiger charge is -2.28. The number of hydrogen-bond acceptors (Lipinski definition) is 4. The highest BCUT2D eigenvalue weighted by Gasteiger charge is 2.24. The fraction of sp³-hybridized carbons (Fsp3) is 0.560. The van der Waals surface area contributed by atoms with Gasteiger partial charge in [-0.15, -0.1) is 0 Å². The summed E-state index contributed by atoms with van der Waals surface area (Å²) in [5.74, 6) is 0.427. The molecule has 0 saturated carbocycles. The highest BCUT2D eigenvalue weighted by molar-refractivity contribution is 5.95. The summed E-state index contributed by atoms with van der Waals surface area (Å²) in [4.78, 5) is 32.6. The second-order valence-corrected chi connectivity index (χ2v) is 9.15. The zero-order chi connectivity index (χ0) is 23.1. The summed E-state index contributed by atoms with van der Waals surface area (Å²) < 4.78 is 1.83. The van der Waals surface area contributed by atoms with E-state index >= 15 is 0 Å². The Bertz CT molecular complexity index is 907. The molecule has 174 valence electrons. The van der Waals surface area contributed by atoms with Crippen molar-refractivity contribution in [1.29, 1.82) is 0 Å². The predicted molar refractivity (Wildman–Crippen MR) is 128 cm³/mol. The standard InChI is InChI=1S/C25H37N5O2/c1-5-11-29-19-22(17-26-29)25(32)28-15-14-27(4)12-8-13-30(24(31)16-20(2)3)23-10-7-6-9-21(23)18-28/h6-7,9-10,17,19-20H,5,8,11-16,18H2,1-4H3. The summed E-state index contributed by atoms with van der Waals surface area (Å²) in [5.41, 5.74) is 2.53. The van der Waals surface area contributed by atoms with E-state index in [1.54, 1.807) is 6.20 Å². The number of aryl methyl sites for hydroxylation is 1. The molecule has 0 spiro atoms. The Morgan fingerprint density at radius 1 is 1.09 bits per heavy atom. The predicted octanol–water partition coefficient (Wildman–Crippen LogP) is 3.65. The van der Waals surface area contributed by atoms with Gasteiger partial charge in [0.2, 0.25) is 5.91 Å². The molecule has 0 radical (unpaired) electrons. The second kappa shape index (κ2) is 11.3. The molecular formula is C25H37N5O2. The van der Waals surface area contributed by atoms with Gasteiger partial charge >= 0.3 is 0 Å². The van der Waals surface area contributed by atoms with Gasteiger partial charge in [-0.1, -0.05) is 39.0 Å². The molecule has 2 heterocycles. The summed E-state index contributed by atoms with van der Waals surface area (Å²) in [5, 5.41) is 4.34. The largest absolute Gasteiger partial charge is 0.333 e. The van der Waals surface area contributed by atoms with Crippen LogP contribution in [-0.4, -0.2) is 64.6 Å². The number of anilines is 1. The van der Waals surface area contributed by atoms with Gasteiger partial charge in [0.1, 0.15) is 0 Å². The number of aromatic nitrogens is 2. The number of amides is 2. The van der Waals surface area contributed by atoms with Crippen LogP contribution in [0.15, 0.2) is 36.7 Å². The first kappa shape index (κ1) is 24.0. The molecule has 0 bridgehead atoms. The fourth-order valence-corrected chi connectivity index (χ4v) is 4.11. The Kier molecular flexibility index (Phi) is 8.45. The number of benzene rings is 1. The van der Waals surface area contributed by atoms with E-state index in [9.17, 15) is 9.59 Å². The smallest absolute Gasteiger partial charge is 0.257 e. The molecule has 0 atom stereocenters. The van der Waals surface area contributed by atoms with Crippen molar-refractivity contribution in [2.24, 2.45) is 5.92 Å². The molecule has 3 rings (SSSR count). The summed E-state index contributed by atoms with van der Waals surface area (Å²) in [7, 11) is 2.08. The Balaban J connectivity index is 1.92. The average Bonchev–Trinajstić information content (AvgIpc) is 3.21. The first-order valence-electron chi connectivity index (χ1n) is 11.8. The minimum Gasteiger partial charge on any atom is -0.333 e. The lowest BCUT2D eigenvalue weighted by atomic mass is 10.1. The number of fused-ring (bicyclic) bond motifs is 1. The van der Waals surface area contributed by atoms with Gasteiger partial charge in [0.25, 0.3) is 5.91 Å². The summed E-state index contributed by atoms with van der Waals surface area (Å²) in [6, 6.07) is 8.00. The van der Waals surface area contributed by atoms with Crippen LogP contribution in [-0.2, 0) is 17.9 Å². The Labute approximate surface area is 192 Å². The fourth-order valence-electron chi connectivity index (χ4n) is 4.11. The maximum Gasteiger partial charge on any atom is 0.257 e. The summed E-state index contributed by atoms with van der Waals surface area (Å²) in [6.07, 6.45) is 5.88. The van der Waals surface area contributed by atoms with Gasteiger partial charge in [-0.25, -0.2) is 0 Å². The SMILES string of the molecule is CCCn1cc(C(=O)N2CCN(C)CCCN(C(=O)CC(C)C)c3ccccc3C2)cn1. The van der Waals surface area contributed by atoms with Crippen LogP contribution in [0.4, 0.5) is 5.69 Å². The van der Waals surface area contributed by atoms with Crippen LogP contribution < -0.4 is 4.90 Å². The highest BCUT2D eigenvalue weighted by Crippen LogP contribution is 2.25. The zero-order valence-corrected chi connectivity index (χ0v) is 20.0. The third kappa shape index (κ3) is 6.19. The number of hydrogen-bond donors (Lipinski definition) is 0. The lowest BCUT2D eigenvalue weighted by Crippen LogP contribution is -2.37. The van der Waals surface area contributed by atoms with Crippen molar-refractivity contribution in [1.82, 2.24) is 19.6 Å². The van der Waals surface area contributed by atoms with Crippen molar-refractivity contribution in [3.63, 3.8) is 0 Å². The number of nitrogens with zero attached hydrogens (tertiary/aromatic N) is 5. The maximum atomic E-state index is 13.4. The first-order chi connectivity index (χ1) is 15.4. The van der Waals surface area contributed by atoms with E-state index in [1.807, 2.05) is 44.9 Å². The molecule has 1 aliphatic rings.